The monoisotopic (exact) mass is 297 g/mol. The molecule has 0 saturated heterocycles. The number of thiocarbonyl (C=S) groups is 1. The molecule has 0 heterocycles. The summed E-state index contributed by atoms with van der Waals surface area (Å²) in [6, 6.07) is 7.40. The van der Waals surface area contributed by atoms with E-state index >= 15 is 0 Å². The molecule has 0 aliphatic rings. The fourth-order valence-corrected chi connectivity index (χ4v) is 1.69. The van der Waals surface area contributed by atoms with Gasteiger partial charge in [0, 0.05) is 5.56 Å². The molecule has 6 heteroatoms. The molecule has 0 aromatic heterocycles. The molecule has 0 bridgehead atoms. The Bertz CT molecular complexity index is 661. The van der Waals surface area contributed by atoms with Gasteiger partial charge >= 0.3 is 0 Å². The van der Waals surface area contributed by atoms with Gasteiger partial charge in [0.25, 0.3) is 0 Å². The number of ether oxygens (including phenoxy) is 1. The molecule has 0 unspecified atom stereocenters. The second-order valence-electron chi connectivity index (χ2n) is 4.05. The van der Waals surface area contributed by atoms with Crippen LogP contribution in [0, 0.1) is 17.5 Å². The average Bonchev–Trinajstić information content (AvgIpc) is 2.41. The Labute approximate surface area is 119 Å². The molecule has 0 spiro atoms. The third kappa shape index (κ3) is 3.27. The fourth-order valence-electron chi connectivity index (χ4n) is 1.56. The van der Waals surface area contributed by atoms with E-state index < -0.39 is 17.5 Å². The first kappa shape index (κ1) is 14.3. The SMILES string of the molecule is NC(=S)c1ccc(OCc2ccc(F)c(F)c2)c(F)c1. The Morgan fingerprint density at radius 1 is 1.00 bits per heavy atom. The summed E-state index contributed by atoms with van der Waals surface area (Å²) < 4.78 is 44.6. The second-order valence-corrected chi connectivity index (χ2v) is 4.49. The van der Waals surface area contributed by atoms with Crippen LogP contribution in [0.5, 0.6) is 5.75 Å². The lowest BCUT2D eigenvalue weighted by molar-refractivity contribution is 0.289. The highest BCUT2D eigenvalue weighted by atomic mass is 32.1. The Kier molecular flexibility index (Phi) is 4.24. The molecule has 0 aliphatic heterocycles. The zero-order valence-corrected chi connectivity index (χ0v) is 11.0. The second kappa shape index (κ2) is 5.92. The molecular formula is C14H10F3NOS. The Hall–Kier alpha value is -2.08. The maximum atomic E-state index is 13.7. The van der Waals surface area contributed by atoms with E-state index in [0.717, 1.165) is 18.2 Å². The van der Waals surface area contributed by atoms with Crippen molar-refractivity contribution in [3.63, 3.8) is 0 Å². The molecule has 20 heavy (non-hydrogen) atoms. The van der Waals surface area contributed by atoms with Crippen LogP contribution in [0.3, 0.4) is 0 Å². The van der Waals surface area contributed by atoms with Crippen molar-refractivity contribution in [3.05, 3.63) is 65.0 Å². The topological polar surface area (TPSA) is 35.2 Å². The van der Waals surface area contributed by atoms with Crippen LogP contribution in [0.25, 0.3) is 0 Å². The third-order valence-electron chi connectivity index (χ3n) is 2.59. The molecule has 104 valence electrons. The van der Waals surface area contributed by atoms with Gasteiger partial charge in [-0.3, -0.25) is 0 Å². The maximum absolute atomic E-state index is 13.7. The number of halogens is 3. The summed E-state index contributed by atoms with van der Waals surface area (Å²) in [6.45, 7) is -0.0828. The van der Waals surface area contributed by atoms with Gasteiger partial charge in [0.05, 0.1) is 0 Å². The van der Waals surface area contributed by atoms with Crippen molar-refractivity contribution in [2.45, 2.75) is 6.61 Å². The number of benzene rings is 2. The van der Waals surface area contributed by atoms with Gasteiger partial charge in [0.1, 0.15) is 11.6 Å². The van der Waals surface area contributed by atoms with Crippen molar-refractivity contribution in [3.8, 4) is 5.75 Å². The lowest BCUT2D eigenvalue weighted by atomic mass is 10.2. The molecule has 2 nitrogen and oxygen atoms in total. The minimum atomic E-state index is -0.976. The van der Waals surface area contributed by atoms with E-state index in [4.69, 9.17) is 22.7 Å². The summed E-state index contributed by atoms with van der Waals surface area (Å²) in [5.41, 5.74) is 6.15. The largest absolute Gasteiger partial charge is 0.486 e. The highest BCUT2D eigenvalue weighted by Crippen LogP contribution is 2.20. The highest BCUT2D eigenvalue weighted by molar-refractivity contribution is 7.80. The molecule has 0 saturated carbocycles. The minimum absolute atomic E-state index is 0.0188. The Balaban J connectivity index is 2.10. The first-order chi connectivity index (χ1) is 9.47. The van der Waals surface area contributed by atoms with Gasteiger partial charge in [-0.15, -0.1) is 0 Å². The van der Waals surface area contributed by atoms with Crippen LogP contribution in [-0.4, -0.2) is 4.99 Å². The smallest absolute Gasteiger partial charge is 0.165 e. The van der Waals surface area contributed by atoms with Crippen LogP contribution in [0.2, 0.25) is 0 Å². The van der Waals surface area contributed by atoms with E-state index in [9.17, 15) is 13.2 Å². The van der Waals surface area contributed by atoms with Crippen LogP contribution in [0.4, 0.5) is 13.2 Å². The number of hydrogen-bond acceptors (Lipinski definition) is 2. The van der Waals surface area contributed by atoms with Gasteiger partial charge in [-0.05, 0) is 35.9 Å². The van der Waals surface area contributed by atoms with E-state index in [1.54, 1.807) is 0 Å². The fraction of sp³-hybridized carbons (Fsp3) is 0.0714. The van der Waals surface area contributed by atoms with Gasteiger partial charge in [-0.1, -0.05) is 18.3 Å². The number of nitrogens with two attached hydrogens (primary N) is 1. The molecule has 0 atom stereocenters. The predicted octanol–water partition coefficient (Wildman–Crippen LogP) is 3.32. The molecular weight excluding hydrogens is 287 g/mol. The van der Waals surface area contributed by atoms with Crippen LogP contribution < -0.4 is 10.5 Å². The van der Waals surface area contributed by atoms with Crippen LogP contribution in [0.15, 0.2) is 36.4 Å². The van der Waals surface area contributed by atoms with Crippen molar-refractivity contribution in [2.24, 2.45) is 5.73 Å². The first-order valence-corrected chi connectivity index (χ1v) is 6.04. The van der Waals surface area contributed by atoms with E-state index in [2.05, 4.69) is 0 Å². The van der Waals surface area contributed by atoms with Crippen molar-refractivity contribution >= 4 is 17.2 Å². The van der Waals surface area contributed by atoms with Gasteiger partial charge in [0.2, 0.25) is 0 Å². The van der Waals surface area contributed by atoms with Gasteiger partial charge in [-0.25, -0.2) is 13.2 Å². The normalized spacial score (nSPS) is 10.3. The third-order valence-corrected chi connectivity index (χ3v) is 2.83. The Morgan fingerprint density at radius 3 is 2.35 bits per heavy atom. The number of rotatable bonds is 4. The van der Waals surface area contributed by atoms with E-state index in [0.29, 0.717) is 11.1 Å². The zero-order chi connectivity index (χ0) is 14.7. The van der Waals surface area contributed by atoms with Crippen molar-refractivity contribution in [1.29, 1.82) is 0 Å². The lowest BCUT2D eigenvalue weighted by Crippen LogP contribution is -2.09. The molecule has 2 aromatic carbocycles. The lowest BCUT2D eigenvalue weighted by Gasteiger charge is -2.08. The quantitative estimate of drug-likeness (QED) is 0.879. The standard InChI is InChI=1S/C14H10F3NOS/c15-10-3-1-8(5-11(10)16)7-19-13-4-2-9(14(18)20)6-12(13)17/h1-6H,7H2,(H2,18,20). The van der Waals surface area contributed by atoms with Crippen molar-refractivity contribution < 1.29 is 17.9 Å². The van der Waals surface area contributed by atoms with Crippen LogP contribution >= 0.6 is 12.2 Å². The minimum Gasteiger partial charge on any atom is -0.486 e. The van der Waals surface area contributed by atoms with Crippen LogP contribution in [0.1, 0.15) is 11.1 Å². The van der Waals surface area contributed by atoms with Gasteiger partial charge in [0.15, 0.2) is 23.2 Å². The highest BCUT2D eigenvalue weighted by Gasteiger charge is 2.08. The molecule has 0 aliphatic carbocycles. The summed E-state index contributed by atoms with van der Waals surface area (Å²) in [6.07, 6.45) is 0. The summed E-state index contributed by atoms with van der Waals surface area (Å²) in [5, 5.41) is 0. The van der Waals surface area contributed by atoms with Crippen LogP contribution in [-0.2, 0) is 6.61 Å². The molecule has 2 aromatic rings. The molecule has 2 rings (SSSR count). The summed E-state index contributed by atoms with van der Waals surface area (Å²) >= 11 is 4.73. The first-order valence-electron chi connectivity index (χ1n) is 5.63. The molecule has 0 radical (unpaired) electrons. The average molecular weight is 297 g/mol. The molecule has 2 N–H and O–H groups in total. The van der Waals surface area contributed by atoms with E-state index in [-0.39, 0.29) is 17.3 Å². The summed E-state index contributed by atoms with van der Waals surface area (Å²) in [5.74, 6) is -2.57. The van der Waals surface area contributed by atoms with Gasteiger partial charge in [-0.2, -0.15) is 0 Å². The molecule has 0 amide bonds. The zero-order valence-electron chi connectivity index (χ0n) is 10.2. The van der Waals surface area contributed by atoms with Gasteiger partial charge < -0.3 is 10.5 Å². The van der Waals surface area contributed by atoms with Crippen molar-refractivity contribution in [1.82, 2.24) is 0 Å². The maximum Gasteiger partial charge on any atom is 0.165 e. The summed E-state index contributed by atoms with van der Waals surface area (Å²) in [4.78, 5) is 0.0797. The Morgan fingerprint density at radius 2 is 1.75 bits per heavy atom. The summed E-state index contributed by atoms with van der Waals surface area (Å²) in [7, 11) is 0. The van der Waals surface area contributed by atoms with Crippen molar-refractivity contribution in [2.75, 3.05) is 0 Å². The predicted molar refractivity (Wildman–Crippen MR) is 73.0 cm³/mol. The van der Waals surface area contributed by atoms with E-state index in [1.165, 1.54) is 18.2 Å². The molecule has 0 fully saturated rings. The van der Waals surface area contributed by atoms with E-state index in [1.807, 2.05) is 0 Å². The number of hydrogen-bond donors (Lipinski definition) is 1.